The van der Waals surface area contributed by atoms with E-state index in [1.807, 2.05) is 0 Å². The van der Waals surface area contributed by atoms with E-state index < -0.39 is 0 Å². The molecular weight excluding hydrogens is 496 g/mol. The van der Waals surface area contributed by atoms with E-state index >= 15 is 0 Å². The predicted molar refractivity (Wildman–Crippen MR) is 124 cm³/mol. The van der Waals surface area contributed by atoms with Gasteiger partial charge in [0.25, 0.3) is 0 Å². The summed E-state index contributed by atoms with van der Waals surface area (Å²) in [6, 6.07) is 4.57. The first-order chi connectivity index (χ1) is 12.9. The van der Waals surface area contributed by atoms with Crippen LogP contribution >= 0.6 is 35.6 Å². The summed E-state index contributed by atoms with van der Waals surface area (Å²) in [6.07, 6.45) is 1.08. The average Bonchev–Trinajstić information content (AvgIpc) is 3.07. The SMILES string of the molecule is CN=C(NCC(C)(C)c1ccc(F)cc1Cl)N1CCC(COCCOC)C1.I. The van der Waals surface area contributed by atoms with Crippen LogP contribution in [0.3, 0.4) is 0 Å². The lowest BCUT2D eigenvalue weighted by atomic mass is 9.84. The van der Waals surface area contributed by atoms with Crippen LogP contribution in [0.1, 0.15) is 25.8 Å². The standard InChI is InChI=1S/C20H31ClFN3O2.HI/c1-20(2,17-6-5-16(22)11-18(17)21)14-24-19(23-3)25-8-7-15(12-25)13-27-10-9-26-4;/h5-6,11,15H,7-10,12-14H2,1-4H3,(H,23,24);1H. The van der Waals surface area contributed by atoms with E-state index in [1.54, 1.807) is 20.2 Å². The van der Waals surface area contributed by atoms with Gasteiger partial charge in [0.1, 0.15) is 5.82 Å². The predicted octanol–water partition coefficient (Wildman–Crippen LogP) is 3.94. The van der Waals surface area contributed by atoms with E-state index in [9.17, 15) is 4.39 Å². The average molecular weight is 528 g/mol. The minimum Gasteiger partial charge on any atom is -0.382 e. The Labute approximate surface area is 190 Å². The Morgan fingerprint density at radius 3 is 2.79 bits per heavy atom. The summed E-state index contributed by atoms with van der Waals surface area (Å²) in [6.45, 7) is 8.70. The van der Waals surface area contributed by atoms with Gasteiger partial charge < -0.3 is 19.7 Å². The van der Waals surface area contributed by atoms with E-state index in [4.69, 9.17) is 21.1 Å². The Hall–Kier alpha value is -0.640. The third-order valence-corrected chi connectivity index (χ3v) is 5.24. The van der Waals surface area contributed by atoms with Crippen molar-refractivity contribution in [1.29, 1.82) is 0 Å². The zero-order valence-corrected chi connectivity index (χ0v) is 20.2. The minimum absolute atomic E-state index is 0. The number of rotatable bonds is 8. The van der Waals surface area contributed by atoms with Crippen molar-refractivity contribution >= 4 is 41.5 Å². The van der Waals surface area contributed by atoms with Gasteiger partial charge in [-0.05, 0) is 24.1 Å². The number of ether oxygens (including phenoxy) is 2. The molecule has 0 aromatic heterocycles. The molecule has 160 valence electrons. The number of guanidine groups is 1. The highest BCUT2D eigenvalue weighted by Gasteiger charge is 2.28. The van der Waals surface area contributed by atoms with Crippen LogP contribution in [0.25, 0.3) is 0 Å². The topological polar surface area (TPSA) is 46.1 Å². The van der Waals surface area contributed by atoms with Crippen LogP contribution in [0.5, 0.6) is 0 Å². The highest BCUT2D eigenvalue weighted by atomic mass is 127. The Morgan fingerprint density at radius 1 is 1.39 bits per heavy atom. The molecule has 1 heterocycles. The molecule has 1 unspecified atom stereocenters. The number of likely N-dealkylation sites (tertiary alicyclic amines) is 1. The molecule has 1 aliphatic rings. The van der Waals surface area contributed by atoms with Gasteiger partial charge in [0.15, 0.2) is 5.96 Å². The zero-order valence-electron chi connectivity index (χ0n) is 17.1. The van der Waals surface area contributed by atoms with E-state index in [2.05, 4.69) is 29.1 Å². The molecule has 2 rings (SSSR count). The second-order valence-corrected chi connectivity index (χ2v) is 7.98. The number of nitrogens with zero attached hydrogens (tertiary/aromatic N) is 2. The third-order valence-electron chi connectivity index (χ3n) is 4.93. The van der Waals surface area contributed by atoms with Crippen LogP contribution in [0.2, 0.25) is 5.02 Å². The van der Waals surface area contributed by atoms with Crippen LogP contribution in [0, 0.1) is 11.7 Å². The van der Waals surface area contributed by atoms with Gasteiger partial charge in [0.05, 0.1) is 19.8 Å². The van der Waals surface area contributed by atoms with Crippen LogP contribution in [0.15, 0.2) is 23.2 Å². The molecule has 1 fully saturated rings. The summed E-state index contributed by atoms with van der Waals surface area (Å²) in [7, 11) is 3.47. The molecule has 1 N–H and O–H groups in total. The normalized spacial score (nSPS) is 17.6. The molecule has 0 bridgehead atoms. The molecule has 0 radical (unpaired) electrons. The van der Waals surface area contributed by atoms with Crippen molar-refractivity contribution in [1.82, 2.24) is 10.2 Å². The number of aliphatic imine (C=N–C) groups is 1. The van der Waals surface area contributed by atoms with Crippen LogP contribution in [0.4, 0.5) is 4.39 Å². The molecule has 0 aliphatic carbocycles. The summed E-state index contributed by atoms with van der Waals surface area (Å²) in [4.78, 5) is 6.68. The van der Waals surface area contributed by atoms with Crippen molar-refractivity contribution in [2.75, 3.05) is 53.6 Å². The summed E-state index contributed by atoms with van der Waals surface area (Å²) in [5.74, 6) is 1.06. The van der Waals surface area contributed by atoms with Gasteiger partial charge in [-0.15, -0.1) is 24.0 Å². The van der Waals surface area contributed by atoms with Crippen molar-refractivity contribution in [2.24, 2.45) is 10.9 Å². The lowest BCUT2D eigenvalue weighted by Crippen LogP contribution is -2.45. The Kier molecular flexibility index (Phi) is 11.0. The second kappa shape index (κ2) is 12.1. The lowest BCUT2D eigenvalue weighted by Gasteiger charge is -2.30. The van der Waals surface area contributed by atoms with E-state index in [0.29, 0.717) is 30.7 Å². The molecule has 0 spiro atoms. The first-order valence-corrected chi connectivity index (χ1v) is 9.73. The monoisotopic (exact) mass is 527 g/mol. The van der Waals surface area contributed by atoms with Gasteiger partial charge in [-0.2, -0.15) is 0 Å². The van der Waals surface area contributed by atoms with E-state index in [1.165, 1.54) is 12.1 Å². The highest BCUT2D eigenvalue weighted by Crippen LogP contribution is 2.30. The largest absolute Gasteiger partial charge is 0.382 e. The van der Waals surface area contributed by atoms with Gasteiger partial charge in [0.2, 0.25) is 0 Å². The van der Waals surface area contributed by atoms with Crippen LogP contribution in [-0.2, 0) is 14.9 Å². The fourth-order valence-corrected chi connectivity index (χ4v) is 3.74. The second-order valence-electron chi connectivity index (χ2n) is 7.58. The molecule has 1 atom stereocenters. The van der Waals surface area contributed by atoms with E-state index in [0.717, 1.165) is 37.6 Å². The summed E-state index contributed by atoms with van der Waals surface area (Å²) in [5, 5.41) is 3.90. The number of hydrogen-bond donors (Lipinski definition) is 1. The summed E-state index contributed by atoms with van der Waals surface area (Å²) < 4.78 is 24.0. The summed E-state index contributed by atoms with van der Waals surface area (Å²) >= 11 is 6.25. The molecule has 1 saturated heterocycles. The molecule has 0 amide bonds. The molecule has 1 aromatic rings. The van der Waals surface area contributed by atoms with Crippen LogP contribution in [-0.4, -0.2) is 64.5 Å². The molecule has 8 heteroatoms. The highest BCUT2D eigenvalue weighted by molar-refractivity contribution is 14.0. The first-order valence-electron chi connectivity index (χ1n) is 9.35. The maximum Gasteiger partial charge on any atom is 0.193 e. The third kappa shape index (κ3) is 7.31. The number of halogens is 3. The molecule has 5 nitrogen and oxygen atoms in total. The number of benzene rings is 1. The van der Waals surface area contributed by atoms with Crippen molar-refractivity contribution in [2.45, 2.75) is 25.7 Å². The first kappa shape index (κ1) is 25.4. The Balaban J connectivity index is 0.00000392. The summed E-state index contributed by atoms with van der Waals surface area (Å²) in [5.41, 5.74) is 0.655. The lowest BCUT2D eigenvalue weighted by molar-refractivity contribution is 0.0536. The number of methoxy groups -OCH3 is 1. The van der Waals surface area contributed by atoms with Gasteiger partial charge in [-0.25, -0.2) is 4.39 Å². The fourth-order valence-electron chi connectivity index (χ4n) is 3.32. The Morgan fingerprint density at radius 2 is 2.14 bits per heavy atom. The molecule has 1 aliphatic heterocycles. The van der Waals surface area contributed by atoms with E-state index in [-0.39, 0.29) is 35.2 Å². The zero-order chi connectivity index (χ0) is 19.9. The van der Waals surface area contributed by atoms with Gasteiger partial charge >= 0.3 is 0 Å². The number of nitrogens with one attached hydrogen (secondary N) is 1. The molecule has 1 aromatic carbocycles. The fraction of sp³-hybridized carbons (Fsp3) is 0.650. The maximum atomic E-state index is 13.3. The molecule has 0 saturated carbocycles. The molecular formula is C20H32ClFIN3O2. The molecule has 28 heavy (non-hydrogen) atoms. The van der Waals surface area contributed by atoms with Gasteiger partial charge in [-0.3, -0.25) is 4.99 Å². The quantitative estimate of drug-likeness (QED) is 0.241. The van der Waals surface area contributed by atoms with Crippen molar-refractivity contribution in [3.05, 3.63) is 34.6 Å². The van der Waals surface area contributed by atoms with Gasteiger partial charge in [-0.1, -0.05) is 31.5 Å². The smallest absolute Gasteiger partial charge is 0.193 e. The van der Waals surface area contributed by atoms with Crippen LogP contribution < -0.4 is 5.32 Å². The Bertz CT molecular complexity index is 646. The number of hydrogen-bond acceptors (Lipinski definition) is 3. The van der Waals surface area contributed by atoms with Crippen molar-refractivity contribution in [3.8, 4) is 0 Å². The van der Waals surface area contributed by atoms with Crippen molar-refractivity contribution < 1.29 is 13.9 Å². The van der Waals surface area contributed by atoms with Crippen molar-refractivity contribution in [3.63, 3.8) is 0 Å². The van der Waals surface area contributed by atoms with Gasteiger partial charge in [0, 0.05) is 50.1 Å². The minimum atomic E-state index is -0.320. The maximum absolute atomic E-state index is 13.3.